The van der Waals surface area contributed by atoms with Gasteiger partial charge in [0.1, 0.15) is 11.5 Å². The zero-order valence-corrected chi connectivity index (χ0v) is 10.3. The number of rotatable bonds is 1. The van der Waals surface area contributed by atoms with E-state index in [1.165, 1.54) is 4.52 Å². The van der Waals surface area contributed by atoms with Gasteiger partial charge in [-0.1, -0.05) is 30.3 Å². The summed E-state index contributed by atoms with van der Waals surface area (Å²) in [5.41, 5.74) is 2.66. The Morgan fingerprint density at radius 3 is 2.50 bits per heavy atom. The molecule has 1 aromatic carbocycles. The van der Waals surface area contributed by atoms with Crippen LogP contribution < -0.4 is 5.56 Å². The quantitative estimate of drug-likeness (QED) is 0.651. The van der Waals surface area contributed by atoms with Gasteiger partial charge in [-0.3, -0.25) is 4.79 Å². The van der Waals surface area contributed by atoms with Gasteiger partial charge in [0.05, 0.1) is 0 Å². The molecular weight excluding hydrogens is 226 g/mol. The van der Waals surface area contributed by atoms with Crippen molar-refractivity contribution in [1.29, 1.82) is 0 Å². The normalized spacial score (nSPS) is 11.0. The standard InChI is InChI=1S/C14H13N3O/c1-10-15-17-13(16(10)2)8-12(9-14(17)18)11-6-4-3-5-7-11/h3-9H,1-2H3. The van der Waals surface area contributed by atoms with Crippen LogP contribution in [-0.4, -0.2) is 14.2 Å². The first-order chi connectivity index (χ1) is 8.66. The smallest absolute Gasteiger partial charge is 0.273 e. The zero-order chi connectivity index (χ0) is 12.7. The van der Waals surface area contributed by atoms with Gasteiger partial charge in [0, 0.05) is 13.1 Å². The average molecular weight is 239 g/mol. The fourth-order valence-corrected chi connectivity index (χ4v) is 2.06. The van der Waals surface area contributed by atoms with Crippen molar-refractivity contribution in [2.24, 2.45) is 7.05 Å². The summed E-state index contributed by atoms with van der Waals surface area (Å²) in [6, 6.07) is 13.5. The van der Waals surface area contributed by atoms with Gasteiger partial charge in [-0.25, -0.2) is 0 Å². The van der Waals surface area contributed by atoms with Gasteiger partial charge in [-0.05, 0) is 24.1 Å². The molecule has 0 spiro atoms. The lowest BCUT2D eigenvalue weighted by Crippen LogP contribution is -2.13. The molecule has 0 fully saturated rings. The molecule has 0 N–H and O–H groups in total. The minimum atomic E-state index is -0.102. The van der Waals surface area contributed by atoms with E-state index in [4.69, 9.17) is 0 Å². The Hall–Kier alpha value is -2.36. The molecule has 2 heterocycles. The minimum absolute atomic E-state index is 0.102. The van der Waals surface area contributed by atoms with Crippen molar-refractivity contribution in [3.63, 3.8) is 0 Å². The summed E-state index contributed by atoms with van der Waals surface area (Å²) in [5, 5.41) is 4.21. The number of aryl methyl sites for hydroxylation is 2. The third-order valence-corrected chi connectivity index (χ3v) is 3.17. The molecule has 3 aromatic rings. The Morgan fingerprint density at radius 2 is 1.78 bits per heavy atom. The van der Waals surface area contributed by atoms with Crippen LogP contribution in [0.3, 0.4) is 0 Å². The highest BCUT2D eigenvalue weighted by Crippen LogP contribution is 2.18. The van der Waals surface area contributed by atoms with E-state index in [2.05, 4.69) is 5.10 Å². The van der Waals surface area contributed by atoms with Crippen LogP contribution in [0, 0.1) is 6.92 Å². The van der Waals surface area contributed by atoms with Crippen LogP contribution in [-0.2, 0) is 7.05 Å². The number of benzene rings is 1. The Bertz CT molecular complexity index is 769. The van der Waals surface area contributed by atoms with Crippen molar-refractivity contribution >= 4 is 5.65 Å². The van der Waals surface area contributed by atoms with Crippen LogP contribution in [0.15, 0.2) is 47.3 Å². The predicted octanol–water partition coefficient (Wildman–Crippen LogP) is 2.01. The summed E-state index contributed by atoms with van der Waals surface area (Å²) in [4.78, 5) is 12.0. The molecule has 0 atom stereocenters. The average Bonchev–Trinajstić information content (AvgIpc) is 2.68. The number of hydrogen-bond acceptors (Lipinski definition) is 2. The molecule has 0 bridgehead atoms. The number of aromatic nitrogens is 3. The molecule has 0 radical (unpaired) electrons. The highest BCUT2D eigenvalue weighted by atomic mass is 16.1. The topological polar surface area (TPSA) is 39.3 Å². The predicted molar refractivity (Wildman–Crippen MR) is 70.6 cm³/mol. The van der Waals surface area contributed by atoms with Crippen LogP contribution >= 0.6 is 0 Å². The largest absolute Gasteiger partial charge is 0.316 e. The fourth-order valence-electron chi connectivity index (χ4n) is 2.06. The maximum atomic E-state index is 12.0. The van der Waals surface area contributed by atoms with E-state index in [1.54, 1.807) is 6.07 Å². The highest BCUT2D eigenvalue weighted by Gasteiger charge is 2.08. The Balaban J connectivity index is 2.34. The van der Waals surface area contributed by atoms with E-state index >= 15 is 0 Å². The second kappa shape index (κ2) is 3.84. The van der Waals surface area contributed by atoms with E-state index in [0.717, 1.165) is 22.6 Å². The number of nitrogens with zero attached hydrogens (tertiary/aromatic N) is 3. The van der Waals surface area contributed by atoms with Crippen molar-refractivity contribution in [2.75, 3.05) is 0 Å². The minimum Gasteiger partial charge on any atom is -0.316 e. The Labute approximate surface area is 104 Å². The number of fused-ring (bicyclic) bond motifs is 1. The fraction of sp³-hybridized carbons (Fsp3) is 0.143. The molecule has 0 unspecified atom stereocenters. The Kier molecular flexibility index (Phi) is 2.30. The monoisotopic (exact) mass is 239 g/mol. The first-order valence-corrected chi connectivity index (χ1v) is 5.78. The lowest BCUT2D eigenvalue weighted by atomic mass is 10.1. The van der Waals surface area contributed by atoms with Gasteiger partial charge in [0.15, 0.2) is 0 Å². The summed E-state index contributed by atoms with van der Waals surface area (Å²) in [6.45, 7) is 1.88. The van der Waals surface area contributed by atoms with Crippen molar-refractivity contribution in [3.8, 4) is 11.1 Å². The van der Waals surface area contributed by atoms with Gasteiger partial charge in [0.2, 0.25) is 0 Å². The first-order valence-electron chi connectivity index (χ1n) is 5.78. The first kappa shape index (κ1) is 10.8. The van der Waals surface area contributed by atoms with E-state index < -0.39 is 0 Å². The molecule has 3 rings (SSSR count). The molecule has 2 aromatic heterocycles. The van der Waals surface area contributed by atoms with Crippen molar-refractivity contribution < 1.29 is 0 Å². The summed E-state index contributed by atoms with van der Waals surface area (Å²) in [5.74, 6) is 0.817. The van der Waals surface area contributed by atoms with E-state index in [-0.39, 0.29) is 5.56 Å². The summed E-state index contributed by atoms with van der Waals surface area (Å²) < 4.78 is 3.34. The van der Waals surface area contributed by atoms with Gasteiger partial charge < -0.3 is 4.57 Å². The van der Waals surface area contributed by atoms with Crippen LogP contribution in [0.25, 0.3) is 16.8 Å². The van der Waals surface area contributed by atoms with Gasteiger partial charge in [0.25, 0.3) is 5.56 Å². The molecule has 4 heteroatoms. The number of pyridine rings is 1. The van der Waals surface area contributed by atoms with E-state index in [9.17, 15) is 4.79 Å². The molecule has 0 saturated heterocycles. The van der Waals surface area contributed by atoms with Crippen LogP contribution in [0.2, 0.25) is 0 Å². The highest BCUT2D eigenvalue weighted by molar-refractivity contribution is 5.67. The summed E-state index contributed by atoms with van der Waals surface area (Å²) in [7, 11) is 1.91. The van der Waals surface area contributed by atoms with Crippen LogP contribution in [0.5, 0.6) is 0 Å². The Morgan fingerprint density at radius 1 is 1.06 bits per heavy atom. The third kappa shape index (κ3) is 1.54. The maximum Gasteiger partial charge on any atom is 0.273 e. The molecule has 18 heavy (non-hydrogen) atoms. The molecule has 0 aliphatic rings. The SMILES string of the molecule is Cc1nn2c(=O)cc(-c3ccccc3)cc2n1C. The van der Waals surface area contributed by atoms with Crippen molar-refractivity contribution in [3.05, 3.63) is 58.6 Å². The molecule has 0 amide bonds. The van der Waals surface area contributed by atoms with Gasteiger partial charge in [-0.15, -0.1) is 0 Å². The van der Waals surface area contributed by atoms with Crippen molar-refractivity contribution in [1.82, 2.24) is 14.2 Å². The number of hydrogen-bond donors (Lipinski definition) is 0. The molecule has 90 valence electrons. The van der Waals surface area contributed by atoms with E-state index in [1.807, 2.05) is 54.9 Å². The summed E-state index contributed by atoms with van der Waals surface area (Å²) in [6.07, 6.45) is 0. The molecular formula is C14H13N3O. The van der Waals surface area contributed by atoms with Gasteiger partial charge in [-0.2, -0.15) is 9.61 Å². The molecule has 0 aliphatic carbocycles. The lowest BCUT2D eigenvalue weighted by molar-refractivity contribution is 0.867. The van der Waals surface area contributed by atoms with E-state index in [0.29, 0.717) is 0 Å². The molecule has 0 aliphatic heterocycles. The molecule has 4 nitrogen and oxygen atoms in total. The zero-order valence-electron chi connectivity index (χ0n) is 10.3. The summed E-state index contributed by atoms with van der Waals surface area (Å²) >= 11 is 0. The lowest BCUT2D eigenvalue weighted by Gasteiger charge is -2.02. The van der Waals surface area contributed by atoms with Crippen LogP contribution in [0.4, 0.5) is 0 Å². The van der Waals surface area contributed by atoms with Crippen molar-refractivity contribution in [2.45, 2.75) is 6.92 Å². The second-order valence-corrected chi connectivity index (χ2v) is 4.32. The maximum absolute atomic E-state index is 12.0. The van der Waals surface area contributed by atoms with Gasteiger partial charge >= 0.3 is 0 Å². The second-order valence-electron chi connectivity index (χ2n) is 4.32. The van der Waals surface area contributed by atoms with Crippen LogP contribution in [0.1, 0.15) is 5.82 Å². The molecule has 0 saturated carbocycles. The third-order valence-electron chi connectivity index (χ3n) is 3.17.